The van der Waals surface area contributed by atoms with Crippen molar-refractivity contribution in [2.75, 3.05) is 11.9 Å². The van der Waals surface area contributed by atoms with Crippen LogP contribution in [0.3, 0.4) is 0 Å². The van der Waals surface area contributed by atoms with Gasteiger partial charge in [0.25, 0.3) is 0 Å². The average Bonchev–Trinajstić information content (AvgIpc) is 2.75. The summed E-state index contributed by atoms with van der Waals surface area (Å²) in [5.41, 5.74) is 1.92. The monoisotopic (exact) mass is 261 g/mol. The van der Waals surface area contributed by atoms with Gasteiger partial charge in [-0.05, 0) is 37.6 Å². The van der Waals surface area contributed by atoms with Crippen molar-refractivity contribution in [3.63, 3.8) is 0 Å². The third kappa shape index (κ3) is 3.31. The number of aromatic nitrogens is 2. The molecule has 0 unspecified atom stereocenters. The van der Waals surface area contributed by atoms with Crippen molar-refractivity contribution in [1.29, 1.82) is 0 Å². The molecule has 1 heterocycles. The highest BCUT2D eigenvalue weighted by molar-refractivity contribution is 5.89. The van der Waals surface area contributed by atoms with Crippen LogP contribution in [0.2, 0.25) is 0 Å². The van der Waals surface area contributed by atoms with Crippen molar-refractivity contribution in [2.45, 2.75) is 20.3 Å². The number of rotatable bonds is 5. The highest BCUT2D eigenvalue weighted by Gasteiger charge is 2.07. The fraction of sp³-hybridized carbons (Fsp3) is 0.308. The molecule has 2 aromatic rings. The SMILES string of the molecule is Cc1noc(CCNc2ccc(C(=O)O)c(C)c2)n1. The Bertz CT molecular complexity index is 593. The molecule has 0 bridgehead atoms. The Morgan fingerprint density at radius 3 is 2.79 bits per heavy atom. The predicted octanol–water partition coefficient (Wildman–Crippen LogP) is 2.04. The lowest BCUT2D eigenvalue weighted by molar-refractivity contribution is 0.0696. The first-order chi connectivity index (χ1) is 9.06. The van der Waals surface area contributed by atoms with Crippen molar-refractivity contribution in [3.05, 3.63) is 41.0 Å². The molecule has 0 spiro atoms. The van der Waals surface area contributed by atoms with Crippen LogP contribution in [0.25, 0.3) is 0 Å². The molecule has 0 aliphatic carbocycles. The van der Waals surface area contributed by atoms with E-state index in [0.29, 0.717) is 30.2 Å². The Morgan fingerprint density at radius 1 is 1.42 bits per heavy atom. The van der Waals surface area contributed by atoms with Gasteiger partial charge in [0.15, 0.2) is 5.82 Å². The molecule has 6 nitrogen and oxygen atoms in total. The van der Waals surface area contributed by atoms with E-state index in [1.807, 2.05) is 6.07 Å². The Balaban J connectivity index is 1.93. The van der Waals surface area contributed by atoms with E-state index in [1.54, 1.807) is 26.0 Å². The van der Waals surface area contributed by atoms with E-state index in [2.05, 4.69) is 15.5 Å². The molecule has 19 heavy (non-hydrogen) atoms. The first-order valence-electron chi connectivity index (χ1n) is 5.93. The first kappa shape index (κ1) is 13.1. The minimum Gasteiger partial charge on any atom is -0.478 e. The van der Waals surface area contributed by atoms with E-state index in [0.717, 1.165) is 11.3 Å². The second kappa shape index (κ2) is 5.51. The summed E-state index contributed by atoms with van der Waals surface area (Å²) < 4.78 is 5.00. The van der Waals surface area contributed by atoms with Crippen LogP contribution < -0.4 is 5.32 Å². The standard InChI is InChI=1S/C13H15N3O3/c1-8-7-10(3-4-11(8)13(17)18)14-6-5-12-15-9(2)16-19-12/h3-4,7,14H,5-6H2,1-2H3,(H,17,18). The molecule has 0 aliphatic rings. The van der Waals surface area contributed by atoms with Gasteiger partial charge in [-0.2, -0.15) is 4.98 Å². The van der Waals surface area contributed by atoms with Gasteiger partial charge in [0, 0.05) is 18.7 Å². The Hall–Kier alpha value is -2.37. The summed E-state index contributed by atoms with van der Waals surface area (Å²) in [6.45, 7) is 4.19. The highest BCUT2D eigenvalue weighted by Crippen LogP contribution is 2.15. The molecule has 0 saturated heterocycles. The van der Waals surface area contributed by atoms with Crippen LogP contribution in [-0.2, 0) is 6.42 Å². The van der Waals surface area contributed by atoms with E-state index in [1.165, 1.54) is 0 Å². The first-order valence-corrected chi connectivity index (χ1v) is 5.93. The van der Waals surface area contributed by atoms with Gasteiger partial charge >= 0.3 is 5.97 Å². The van der Waals surface area contributed by atoms with E-state index in [-0.39, 0.29) is 0 Å². The second-order valence-corrected chi connectivity index (χ2v) is 4.25. The number of aromatic carboxylic acids is 1. The number of carbonyl (C=O) groups is 1. The molecular weight excluding hydrogens is 246 g/mol. The molecule has 0 saturated carbocycles. The molecule has 0 amide bonds. The lowest BCUT2D eigenvalue weighted by Gasteiger charge is -2.07. The number of nitrogens with one attached hydrogen (secondary N) is 1. The maximum Gasteiger partial charge on any atom is 0.335 e. The van der Waals surface area contributed by atoms with Crippen LogP contribution in [-0.4, -0.2) is 27.8 Å². The van der Waals surface area contributed by atoms with Crippen molar-refractivity contribution in [3.8, 4) is 0 Å². The largest absolute Gasteiger partial charge is 0.478 e. The molecule has 2 N–H and O–H groups in total. The van der Waals surface area contributed by atoms with Gasteiger partial charge in [0.2, 0.25) is 5.89 Å². The van der Waals surface area contributed by atoms with Crippen LogP contribution >= 0.6 is 0 Å². The van der Waals surface area contributed by atoms with Crippen LogP contribution in [0.1, 0.15) is 27.6 Å². The summed E-state index contributed by atoms with van der Waals surface area (Å²) in [7, 11) is 0. The quantitative estimate of drug-likeness (QED) is 0.856. The zero-order valence-corrected chi connectivity index (χ0v) is 10.8. The second-order valence-electron chi connectivity index (χ2n) is 4.25. The average molecular weight is 261 g/mol. The number of hydrogen-bond donors (Lipinski definition) is 2. The summed E-state index contributed by atoms with van der Waals surface area (Å²) in [5.74, 6) is 0.297. The molecule has 0 atom stereocenters. The van der Waals surface area contributed by atoms with Crippen LogP contribution in [0.4, 0.5) is 5.69 Å². The third-order valence-corrected chi connectivity index (χ3v) is 2.69. The molecule has 6 heteroatoms. The van der Waals surface area contributed by atoms with E-state index in [4.69, 9.17) is 9.63 Å². The zero-order chi connectivity index (χ0) is 13.8. The molecule has 0 aliphatic heterocycles. The number of hydrogen-bond acceptors (Lipinski definition) is 5. The molecule has 100 valence electrons. The maximum atomic E-state index is 10.9. The number of nitrogens with zero attached hydrogens (tertiary/aromatic N) is 2. The summed E-state index contributed by atoms with van der Waals surface area (Å²) in [6.07, 6.45) is 0.626. The molecule has 2 rings (SSSR count). The lowest BCUT2D eigenvalue weighted by atomic mass is 10.1. The van der Waals surface area contributed by atoms with Crippen LogP contribution in [0.5, 0.6) is 0 Å². The summed E-state index contributed by atoms with van der Waals surface area (Å²) in [5, 5.41) is 15.8. The normalized spacial score (nSPS) is 10.4. The summed E-state index contributed by atoms with van der Waals surface area (Å²) in [6, 6.07) is 5.15. The minimum atomic E-state index is -0.912. The van der Waals surface area contributed by atoms with E-state index in [9.17, 15) is 4.79 Å². The van der Waals surface area contributed by atoms with Gasteiger partial charge in [-0.1, -0.05) is 5.16 Å². The van der Waals surface area contributed by atoms with Gasteiger partial charge < -0.3 is 14.9 Å². The summed E-state index contributed by atoms with van der Waals surface area (Å²) >= 11 is 0. The molecule has 0 fully saturated rings. The highest BCUT2D eigenvalue weighted by atomic mass is 16.5. The van der Waals surface area contributed by atoms with Gasteiger partial charge in [-0.25, -0.2) is 4.79 Å². The number of carboxylic acids is 1. The fourth-order valence-electron chi connectivity index (χ4n) is 1.77. The van der Waals surface area contributed by atoms with Crippen molar-refractivity contribution in [2.24, 2.45) is 0 Å². The Kier molecular flexibility index (Phi) is 3.79. The van der Waals surface area contributed by atoms with Crippen LogP contribution in [0, 0.1) is 13.8 Å². The number of anilines is 1. The molecule has 1 aromatic heterocycles. The van der Waals surface area contributed by atoms with E-state index >= 15 is 0 Å². The Labute approximate surface area is 110 Å². The van der Waals surface area contributed by atoms with Crippen LogP contribution in [0.15, 0.2) is 22.7 Å². The zero-order valence-electron chi connectivity index (χ0n) is 10.8. The molecule has 1 aromatic carbocycles. The number of carboxylic acid groups (broad SMARTS) is 1. The molecule has 0 radical (unpaired) electrons. The topological polar surface area (TPSA) is 88.2 Å². The predicted molar refractivity (Wildman–Crippen MR) is 69.4 cm³/mol. The minimum absolute atomic E-state index is 0.318. The fourth-order valence-corrected chi connectivity index (χ4v) is 1.77. The van der Waals surface area contributed by atoms with Gasteiger partial charge in [-0.15, -0.1) is 0 Å². The number of aryl methyl sites for hydroxylation is 2. The summed E-state index contributed by atoms with van der Waals surface area (Å²) in [4.78, 5) is 15.0. The van der Waals surface area contributed by atoms with Gasteiger partial charge in [0.05, 0.1) is 5.56 Å². The third-order valence-electron chi connectivity index (χ3n) is 2.69. The maximum absolute atomic E-state index is 10.9. The lowest BCUT2D eigenvalue weighted by Crippen LogP contribution is -2.06. The van der Waals surface area contributed by atoms with Crippen molar-refractivity contribution >= 4 is 11.7 Å². The smallest absolute Gasteiger partial charge is 0.335 e. The van der Waals surface area contributed by atoms with E-state index < -0.39 is 5.97 Å². The van der Waals surface area contributed by atoms with Crippen molar-refractivity contribution in [1.82, 2.24) is 10.1 Å². The molecular formula is C13H15N3O3. The van der Waals surface area contributed by atoms with Gasteiger partial charge in [0.1, 0.15) is 0 Å². The Morgan fingerprint density at radius 2 is 2.21 bits per heavy atom. The number of benzene rings is 1. The van der Waals surface area contributed by atoms with Gasteiger partial charge in [-0.3, -0.25) is 0 Å². The van der Waals surface area contributed by atoms with Crippen molar-refractivity contribution < 1.29 is 14.4 Å².